The van der Waals surface area contributed by atoms with Crippen LogP contribution in [-0.2, 0) is 86.8 Å². The number of methoxy groups -OCH3 is 9. The van der Waals surface area contributed by atoms with E-state index >= 15 is 0 Å². The van der Waals surface area contributed by atoms with Crippen molar-refractivity contribution in [2.45, 2.75) is 215 Å². The van der Waals surface area contributed by atoms with E-state index in [2.05, 4.69) is 71.5 Å². The summed E-state index contributed by atoms with van der Waals surface area (Å²) in [6.07, 6.45) is 7.24. The molecule has 6 atom stereocenters. The van der Waals surface area contributed by atoms with Gasteiger partial charge in [0, 0.05) is 39.5 Å². The third kappa shape index (κ3) is 29.6. The monoisotopic (exact) mass is 1980 g/mol. The Hall–Kier alpha value is -15.1. The number of nitrogens with zero attached hydrogens (tertiary/aromatic N) is 8. The number of hydrogen-bond acceptors (Lipinski definition) is 26. The first-order valence-corrected chi connectivity index (χ1v) is 48.5. The predicted molar refractivity (Wildman–Crippen MR) is 539 cm³/mol. The summed E-state index contributed by atoms with van der Waals surface area (Å²) in [7, 11) is 13.5. The van der Waals surface area contributed by atoms with Gasteiger partial charge in [0.1, 0.15) is 82.8 Å². The summed E-state index contributed by atoms with van der Waals surface area (Å²) in [6.45, 7) is 20.7. The summed E-state index contributed by atoms with van der Waals surface area (Å²) < 4.78 is 68.4. The summed E-state index contributed by atoms with van der Waals surface area (Å²) in [6, 6.07) is 38.8. The lowest BCUT2D eigenvalue weighted by molar-refractivity contribution is -0.189. The van der Waals surface area contributed by atoms with Crippen molar-refractivity contribution in [3.8, 4) is 91.0 Å². The first kappa shape index (κ1) is 111. The largest absolute Gasteiger partial charge is 0.496 e. The van der Waals surface area contributed by atoms with Crippen LogP contribution in [-0.4, -0.2) is 211 Å². The van der Waals surface area contributed by atoms with Crippen LogP contribution in [0.25, 0.3) is 45.0 Å². The highest BCUT2D eigenvalue weighted by Crippen LogP contribution is 2.44. The number of aromatic nitrogens is 8. The smallest absolute Gasteiger partial charge is 0.379 e. The number of ether oxygens (including phenoxy) is 11. The average molecular weight is 1990 g/mol. The second kappa shape index (κ2) is 53.1. The standard InChI is InChI=1S/C81H100N12O17.C26H37N3O5/c1-16-17-31-54(84-75(97)57-41-60(91(88-57)45-48(2)3)70-63(103-10)32-24-33-64(70)104-11)78(100)87-81(9,110-69(94)44-82-73(95)55(39-38-52-27-20-18-21-28-52)85-76(98)58-42-61(92(89-58)46-49(4)5)71-65(105-12)34-25-35-66(71)106-13)80(102)109-79(101)51(8)83-74(96)56(40-53-29-22-19-23-30-53)86-77(99)59-43-62(93(90-59)47-50(6)7)72-67(107-14)36-26-37-68(72)108-15;1-17(2)16-29-21(24-22(32-3)12-9-13-23(24)33-4)15-19(28-29)25(30)27-20(26(31)34-5)14-18-10-7-6-8-11-18/h18-30,32-37,41-43,48-51,54-56H,16-17,31,38-40,44-47H2,1-15H3,(H,82,95)(H,83,96)(H,84,97)(H,85,98)(H,86,99)(H,87,100);9,12-13,15,17-18,20H,6-8,10-11,14,16H2,1-5H3,(H,27,30)/t51?,54-,55-,56-,81?;20-/m00/s1. The average Bonchev–Trinajstić information content (AvgIpc) is 1.73. The zero-order valence-corrected chi connectivity index (χ0v) is 85.9. The normalized spacial score (nSPS) is 13.4. The van der Waals surface area contributed by atoms with E-state index in [-0.39, 0.29) is 66.2 Å². The minimum absolute atomic E-state index is 0.00292. The Balaban J connectivity index is 0.000000524. The number of nitrogens with one attached hydrogen (secondary N) is 7. The minimum atomic E-state index is -2.97. The topological polar surface area (TPSA) is 445 Å². The van der Waals surface area contributed by atoms with E-state index in [4.69, 9.17) is 52.1 Å². The SMILES string of the molecule is CCCC[C@H](NC(=O)c1cc(-c2c(OC)cccc2OC)n(CC(C)C)n1)C(=O)NC(C)(OC(=O)CNC(=O)[C@H](CCc1ccccc1)NC(=O)c1cc(-c2c(OC)cccc2OC)n(CC(C)C)n1)C(=O)OC(=O)C(C)NC(=O)[C@H](Cc1ccccc1)NC(=O)c1cc(-c2c(OC)cccc2OC)n(CC(C)C)n1.COC(=O)[C@H](CC1CCCCC1)NC(=O)c1cc(-c2c(OC)cccc2OC)n(CC(C)C)n1. The Morgan fingerprint density at radius 1 is 0.389 bits per heavy atom. The van der Waals surface area contributed by atoms with Gasteiger partial charge in [0.2, 0.25) is 17.7 Å². The molecule has 0 spiro atoms. The molecule has 0 radical (unpaired) electrons. The van der Waals surface area contributed by atoms with Crippen LogP contribution in [0.3, 0.4) is 0 Å². The van der Waals surface area contributed by atoms with Crippen molar-refractivity contribution >= 4 is 65.2 Å². The Bertz CT molecular complexity index is 5970. The van der Waals surface area contributed by atoms with Crippen molar-refractivity contribution in [2.24, 2.45) is 29.6 Å². The lowest BCUT2D eigenvalue weighted by Gasteiger charge is -2.30. The molecule has 1 saturated carbocycles. The van der Waals surface area contributed by atoms with Gasteiger partial charge in [-0.15, -0.1) is 0 Å². The van der Waals surface area contributed by atoms with Gasteiger partial charge in [-0.1, -0.05) is 192 Å². The summed E-state index contributed by atoms with van der Waals surface area (Å²) in [5, 5.41) is 37.2. The molecule has 0 saturated heterocycles. The molecule has 4 aromatic heterocycles. The van der Waals surface area contributed by atoms with Gasteiger partial charge in [-0.05, 0) is 146 Å². The maximum atomic E-state index is 15.0. The van der Waals surface area contributed by atoms with Crippen LogP contribution in [0.2, 0.25) is 0 Å². The van der Waals surface area contributed by atoms with Crippen molar-refractivity contribution in [2.75, 3.05) is 70.5 Å². The fraction of sp³-hybridized carbons (Fsp3) is 0.449. The van der Waals surface area contributed by atoms with E-state index < -0.39 is 108 Å². The third-order valence-electron chi connectivity index (χ3n) is 24.0. The number of unbranched alkanes of at least 4 members (excludes halogenated alkanes) is 1. The molecule has 0 aliphatic heterocycles. The molecule has 37 heteroatoms. The molecular weight excluding hydrogens is 1850 g/mol. The number of hydrogen-bond donors (Lipinski definition) is 7. The van der Waals surface area contributed by atoms with Crippen LogP contribution in [0.1, 0.15) is 193 Å². The van der Waals surface area contributed by atoms with Crippen LogP contribution >= 0.6 is 0 Å². The van der Waals surface area contributed by atoms with Crippen molar-refractivity contribution in [3.63, 3.8) is 0 Å². The highest BCUT2D eigenvalue weighted by Gasteiger charge is 2.46. The van der Waals surface area contributed by atoms with Crippen molar-refractivity contribution < 1.29 is 105 Å². The molecule has 10 aromatic rings. The van der Waals surface area contributed by atoms with Gasteiger partial charge in [0.15, 0.2) is 22.8 Å². The molecule has 144 heavy (non-hydrogen) atoms. The molecule has 7 N–H and O–H groups in total. The molecule has 0 bridgehead atoms. The van der Waals surface area contributed by atoms with Gasteiger partial charge < -0.3 is 89.3 Å². The van der Waals surface area contributed by atoms with Crippen LogP contribution in [0.5, 0.6) is 46.0 Å². The van der Waals surface area contributed by atoms with Crippen molar-refractivity contribution in [3.05, 3.63) is 192 Å². The molecule has 772 valence electrons. The second-order valence-electron chi connectivity index (χ2n) is 37.0. The fourth-order valence-corrected chi connectivity index (χ4v) is 16.9. The Kier molecular flexibility index (Phi) is 40.9. The summed E-state index contributed by atoms with van der Waals surface area (Å²) in [5.41, 5.74) is 2.89. The van der Waals surface area contributed by atoms with E-state index in [1.54, 1.807) is 136 Å². The third-order valence-corrected chi connectivity index (χ3v) is 24.0. The lowest BCUT2D eigenvalue weighted by atomic mass is 9.85. The van der Waals surface area contributed by atoms with Gasteiger partial charge in [-0.25, -0.2) is 14.4 Å². The van der Waals surface area contributed by atoms with Crippen LogP contribution in [0.4, 0.5) is 0 Å². The summed E-state index contributed by atoms with van der Waals surface area (Å²) in [4.78, 5) is 157. The first-order chi connectivity index (χ1) is 69.0. The van der Waals surface area contributed by atoms with E-state index in [1.165, 1.54) is 69.2 Å². The van der Waals surface area contributed by atoms with Crippen LogP contribution in [0, 0.1) is 29.6 Å². The number of carbonyl (C=O) groups excluding carboxylic acids is 11. The van der Waals surface area contributed by atoms with Crippen LogP contribution < -0.4 is 75.1 Å². The number of benzene rings is 6. The van der Waals surface area contributed by atoms with Crippen LogP contribution in [0.15, 0.2) is 158 Å². The predicted octanol–water partition coefficient (Wildman–Crippen LogP) is 13.6. The van der Waals surface area contributed by atoms with Gasteiger partial charge in [-0.3, -0.25) is 57.1 Å². The number of carbonyl (C=O) groups is 11. The highest BCUT2D eigenvalue weighted by molar-refractivity contribution is 6.03. The quantitative estimate of drug-likeness (QED) is 0.00806. The van der Waals surface area contributed by atoms with Crippen molar-refractivity contribution in [1.29, 1.82) is 0 Å². The highest BCUT2D eigenvalue weighted by atomic mass is 16.6. The minimum Gasteiger partial charge on any atom is -0.496 e. The number of aryl methyl sites for hydroxylation is 1. The fourth-order valence-electron chi connectivity index (χ4n) is 16.9. The molecule has 37 nitrogen and oxygen atoms in total. The molecule has 1 aliphatic rings. The maximum Gasteiger partial charge on any atom is 0.379 e. The molecule has 1 aliphatic carbocycles. The lowest BCUT2D eigenvalue weighted by Crippen LogP contribution is -2.61. The zero-order chi connectivity index (χ0) is 105. The molecule has 1 fully saturated rings. The second-order valence-corrected chi connectivity index (χ2v) is 37.0. The van der Waals surface area contributed by atoms with E-state index in [1.807, 2.05) is 97.0 Å². The van der Waals surface area contributed by atoms with Crippen molar-refractivity contribution in [1.82, 2.24) is 76.3 Å². The Labute approximate surface area is 840 Å². The molecule has 7 amide bonds. The maximum absolute atomic E-state index is 15.0. The van der Waals surface area contributed by atoms with E-state index in [0.717, 1.165) is 49.4 Å². The molecule has 6 aromatic carbocycles. The van der Waals surface area contributed by atoms with E-state index in [0.29, 0.717) is 143 Å². The van der Waals surface area contributed by atoms with Gasteiger partial charge >= 0.3 is 23.9 Å². The summed E-state index contributed by atoms with van der Waals surface area (Å²) >= 11 is 0. The summed E-state index contributed by atoms with van der Waals surface area (Å²) in [5.74, 6) is -5.76. The zero-order valence-electron chi connectivity index (χ0n) is 85.9. The number of esters is 4. The molecule has 11 rings (SSSR count). The van der Waals surface area contributed by atoms with Gasteiger partial charge in [0.05, 0.1) is 109 Å². The van der Waals surface area contributed by atoms with Gasteiger partial charge in [-0.2, -0.15) is 20.4 Å². The van der Waals surface area contributed by atoms with E-state index in [9.17, 15) is 52.7 Å². The van der Waals surface area contributed by atoms with Gasteiger partial charge in [0.25, 0.3) is 29.4 Å². The Morgan fingerprint density at radius 3 is 1.07 bits per heavy atom. The number of amides is 7. The Morgan fingerprint density at radius 2 is 0.729 bits per heavy atom. The first-order valence-electron chi connectivity index (χ1n) is 48.5. The molecule has 4 heterocycles. The molecule has 2 unspecified atom stereocenters. The number of rotatable bonds is 49. The molecular formula is C107H137N15O22.